The molecule has 2 aromatic rings. The Kier molecular flexibility index (Phi) is 5.28. The van der Waals surface area contributed by atoms with E-state index in [0.29, 0.717) is 17.2 Å². The summed E-state index contributed by atoms with van der Waals surface area (Å²) in [4.78, 5) is 12.3. The Balaban J connectivity index is 1.64. The van der Waals surface area contributed by atoms with Crippen LogP contribution in [0, 0.1) is 17.6 Å². The molecule has 1 fully saturated rings. The first kappa shape index (κ1) is 17.4. The van der Waals surface area contributed by atoms with Gasteiger partial charge in [0.15, 0.2) is 11.6 Å². The zero-order valence-corrected chi connectivity index (χ0v) is 13.9. The van der Waals surface area contributed by atoms with E-state index in [2.05, 4.69) is 17.6 Å². The third-order valence-corrected chi connectivity index (χ3v) is 4.34. The summed E-state index contributed by atoms with van der Waals surface area (Å²) in [5, 5.41) is 6.34. The zero-order chi connectivity index (χ0) is 17.8. The molecule has 1 aliphatic heterocycles. The lowest BCUT2D eigenvalue weighted by molar-refractivity contribution is 0.0914. The number of nitrogens with one attached hydrogen (secondary N) is 2. The molecule has 6 heteroatoms. The third kappa shape index (κ3) is 4.33. The van der Waals surface area contributed by atoms with Gasteiger partial charge in [0.1, 0.15) is 11.6 Å². The second-order valence-electron chi connectivity index (χ2n) is 6.25. The molecule has 1 aliphatic rings. The summed E-state index contributed by atoms with van der Waals surface area (Å²) >= 11 is 0. The van der Waals surface area contributed by atoms with Gasteiger partial charge in [-0.25, -0.2) is 8.78 Å². The number of carbonyl (C=O) groups excluding carboxylic acids is 1. The van der Waals surface area contributed by atoms with E-state index in [-0.39, 0.29) is 17.7 Å². The van der Waals surface area contributed by atoms with Gasteiger partial charge in [-0.2, -0.15) is 0 Å². The Bertz CT molecular complexity index is 750. The van der Waals surface area contributed by atoms with Crippen LogP contribution in [0.5, 0.6) is 11.5 Å². The highest BCUT2D eigenvalue weighted by Crippen LogP contribution is 2.25. The Morgan fingerprint density at radius 2 is 1.96 bits per heavy atom. The molecular formula is C19H20F2N2O2. The van der Waals surface area contributed by atoms with Crippen molar-refractivity contribution in [2.75, 3.05) is 13.1 Å². The van der Waals surface area contributed by atoms with Gasteiger partial charge < -0.3 is 15.4 Å². The second-order valence-corrected chi connectivity index (χ2v) is 6.25. The molecule has 1 saturated heterocycles. The molecule has 1 amide bonds. The number of benzene rings is 2. The highest BCUT2D eigenvalue weighted by atomic mass is 19.1. The molecule has 0 aliphatic carbocycles. The monoisotopic (exact) mass is 346 g/mol. The van der Waals surface area contributed by atoms with Gasteiger partial charge in [0.05, 0.1) is 0 Å². The van der Waals surface area contributed by atoms with Crippen molar-refractivity contribution in [2.45, 2.75) is 19.4 Å². The van der Waals surface area contributed by atoms with Gasteiger partial charge in [0.25, 0.3) is 5.91 Å². The van der Waals surface area contributed by atoms with Crippen molar-refractivity contribution in [3.05, 3.63) is 59.7 Å². The fourth-order valence-corrected chi connectivity index (χ4v) is 2.84. The number of hydrogen-bond donors (Lipinski definition) is 2. The minimum atomic E-state index is -0.776. The number of hydrogen-bond acceptors (Lipinski definition) is 3. The summed E-state index contributed by atoms with van der Waals surface area (Å²) in [7, 11) is 0. The van der Waals surface area contributed by atoms with Crippen LogP contribution in [0.2, 0.25) is 0 Å². The standard InChI is InChI=1S/C19H20F2N2O2/c1-12-11-22-9-8-17(12)23-19(24)13-2-5-15(6-3-13)25-18-7-4-14(20)10-16(18)21/h2-7,10,12,17,22H,8-9,11H2,1H3,(H,23,24). The Morgan fingerprint density at radius 3 is 2.64 bits per heavy atom. The van der Waals surface area contributed by atoms with Crippen LogP contribution in [0.3, 0.4) is 0 Å². The van der Waals surface area contributed by atoms with E-state index in [0.717, 1.165) is 31.6 Å². The lowest BCUT2D eigenvalue weighted by Crippen LogP contribution is -2.48. The molecule has 0 spiro atoms. The molecule has 2 atom stereocenters. The summed E-state index contributed by atoms with van der Waals surface area (Å²) in [6.07, 6.45) is 0.901. The fourth-order valence-electron chi connectivity index (χ4n) is 2.84. The second kappa shape index (κ2) is 7.61. The van der Waals surface area contributed by atoms with Gasteiger partial charge in [-0.15, -0.1) is 0 Å². The van der Waals surface area contributed by atoms with Crippen LogP contribution >= 0.6 is 0 Å². The van der Waals surface area contributed by atoms with Gasteiger partial charge in [0, 0.05) is 17.7 Å². The average Bonchev–Trinajstić information content (AvgIpc) is 2.60. The third-order valence-electron chi connectivity index (χ3n) is 4.34. The van der Waals surface area contributed by atoms with Gasteiger partial charge in [-0.1, -0.05) is 6.92 Å². The van der Waals surface area contributed by atoms with Crippen molar-refractivity contribution in [1.29, 1.82) is 0 Å². The van der Waals surface area contributed by atoms with Crippen molar-refractivity contribution in [2.24, 2.45) is 5.92 Å². The van der Waals surface area contributed by atoms with Crippen molar-refractivity contribution in [1.82, 2.24) is 10.6 Å². The van der Waals surface area contributed by atoms with E-state index >= 15 is 0 Å². The van der Waals surface area contributed by atoms with Gasteiger partial charge in [-0.3, -0.25) is 4.79 Å². The van der Waals surface area contributed by atoms with E-state index in [9.17, 15) is 13.6 Å². The van der Waals surface area contributed by atoms with Crippen LogP contribution in [0.1, 0.15) is 23.7 Å². The van der Waals surface area contributed by atoms with Crippen LogP contribution in [0.4, 0.5) is 8.78 Å². The molecule has 0 bridgehead atoms. The van der Waals surface area contributed by atoms with Crippen LogP contribution in [0.25, 0.3) is 0 Å². The van der Waals surface area contributed by atoms with E-state index < -0.39 is 11.6 Å². The first-order valence-corrected chi connectivity index (χ1v) is 8.27. The van der Waals surface area contributed by atoms with Crippen LogP contribution < -0.4 is 15.4 Å². The van der Waals surface area contributed by atoms with Crippen LogP contribution in [0.15, 0.2) is 42.5 Å². The normalized spacial score (nSPS) is 20.1. The summed E-state index contributed by atoms with van der Waals surface area (Å²) < 4.78 is 31.9. The summed E-state index contributed by atoms with van der Waals surface area (Å²) in [5.41, 5.74) is 0.512. The van der Waals surface area contributed by atoms with E-state index in [1.165, 1.54) is 6.07 Å². The van der Waals surface area contributed by atoms with Crippen LogP contribution in [-0.4, -0.2) is 25.0 Å². The lowest BCUT2D eigenvalue weighted by atomic mass is 9.95. The number of carbonyl (C=O) groups is 1. The predicted octanol–water partition coefficient (Wildman–Crippen LogP) is 3.48. The summed E-state index contributed by atoms with van der Waals surface area (Å²) in [6.45, 7) is 3.89. The van der Waals surface area contributed by atoms with Gasteiger partial charge >= 0.3 is 0 Å². The highest BCUT2D eigenvalue weighted by molar-refractivity contribution is 5.94. The van der Waals surface area contributed by atoms with Gasteiger partial charge in [0.2, 0.25) is 0 Å². The maximum Gasteiger partial charge on any atom is 0.251 e. The Hall–Kier alpha value is -2.47. The molecular weight excluding hydrogens is 326 g/mol. The minimum absolute atomic E-state index is 0.0675. The summed E-state index contributed by atoms with van der Waals surface area (Å²) in [6, 6.07) is 9.68. The maximum absolute atomic E-state index is 13.6. The molecule has 0 radical (unpaired) electrons. The molecule has 132 valence electrons. The molecule has 3 rings (SSSR count). The highest BCUT2D eigenvalue weighted by Gasteiger charge is 2.23. The SMILES string of the molecule is CC1CNCCC1NC(=O)c1ccc(Oc2ccc(F)cc2F)cc1. The molecule has 2 N–H and O–H groups in total. The quantitative estimate of drug-likeness (QED) is 0.891. The predicted molar refractivity (Wildman–Crippen MR) is 90.8 cm³/mol. The number of rotatable bonds is 4. The number of piperidine rings is 1. The van der Waals surface area contributed by atoms with Crippen molar-refractivity contribution in [3.63, 3.8) is 0 Å². The van der Waals surface area contributed by atoms with Crippen LogP contribution in [-0.2, 0) is 0 Å². The molecule has 0 aromatic heterocycles. The maximum atomic E-state index is 13.6. The van der Waals surface area contributed by atoms with Crippen molar-refractivity contribution < 1.29 is 18.3 Å². The smallest absolute Gasteiger partial charge is 0.251 e. The minimum Gasteiger partial charge on any atom is -0.454 e. The Morgan fingerprint density at radius 1 is 1.20 bits per heavy atom. The number of amides is 1. The average molecular weight is 346 g/mol. The Labute approximate surface area is 145 Å². The molecule has 2 aromatic carbocycles. The molecule has 1 heterocycles. The zero-order valence-electron chi connectivity index (χ0n) is 13.9. The van der Waals surface area contributed by atoms with Crippen molar-refractivity contribution in [3.8, 4) is 11.5 Å². The van der Waals surface area contributed by atoms with Gasteiger partial charge in [-0.05, 0) is 61.8 Å². The first-order valence-electron chi connectivity index (χ1n) is 8.27. The first-order chi connectivity index (χ1) is 12.0. The summed E-state index contributed by atoms with van der Waals surface area (Å²) in [5.74, 6) is -0.898. The molecule has 2 unspecified atom stereocenters. The molecule has 4 nitrogen and oxygen atoms in total. The van der Waals surface area contributed by atoms with E-state index in [1.807, 2.05) is 0 Å². The van der Waals surface area contributed by atoms with E-state index in [4.69, 9.17) is 4.74 Å². The molecule has 25 heavy (non-hydrogen) atoms. The largest absolute Gasteiger partial charge is 0.454 e. The fraction of sp³-hybridized carbons (Fsp3) is 0.316. The van der Waals surface area contributed by atoms with Crippen molar-refractivity contribution >= 4 is 5.91 Å². The topological polar surface area (TPSA) is 50.4 Å². The molecule has 0 saturated carbocycles. The lowest BCUT2D eigenvalue weighted by Gasteiger charge is -2.30. The number of halogens is 2. The van der Waals surface area contributed by atoms with E-state index in [1.54, 1.807) is 24.3 Å². The number of ether oxygens (including phenoxy) is 1.